The number of ether oxygens (including phenoxy) is 1. The molecule has 1 rings (SSSR count). The third-order valence-corrected chi connectivity index (χ3v) is 2.46. The molecule has 1 aromatic rings. The summed E-state index contributed by atoms with van der Waals surface area (Å²) in [6.07, 6.45) is 0.513. The molecule has 0 heterocycles. The molecule has 2 nitrogen and oxygen atoms in total. The van der Waals surface area contributed by atoms with Crippen molar-refractivity contribution in [1.82, 2.24) is 0 Å². The number of aliphatic hydroxyl groups is 1. The molecule has 0 aliphatic heterocycles. The standard InChI is InChI=1S/C13H19FO2/c1-9(2)7-11(15)8-10-5-4-6-12(16-3)13(10)14/h4-6,9,11,15H,7-8H2,1-3H3. The molecule has 90 valence electrons. The molecule has 1 atom stereocenters. The summed E-state index contributed by atoms with van der Waals surface area (Å²) in [6.45, 7) is 4.07. The topological polar surface area (TPSA) is 29.5 Å². The Kier molecular flexibility index (Phi) is 4.74. The molecule has 3 heteroatoms. The van der Waals surface area contributed by atoms with E-state index in [-0.39, 0.29) is 11.6 Å². The maximum atomic E-state index is 13.7. The predicted octanol–water partition coefficient (Wildman–Crippen LogP) is 2.78. The van der Waals surface area contributed by atoms with Crippen LogP contribution in [0, 0.1) is 11.7 Å². The first-order valence-corrected chi connectivity index (χ1v) is 5.54. The van der Waals surface area contributed by atoms with Crippen LogP contribution < -0.4 is 4.74 Å². The normalized spacial score (nSPS) is 12.9. The quantitative estimate of drug-likeness (QED) is 0.836. The summed E-state index contributed by atoms with van der Waals surface area (Å²) in [4.78, 5) is 0. The van der Waals surface area contributed by atoms with Crippen molar-refractivity contribution in [3.63, 3.8) is 0 Å². The van der Waals surface area contributed by atoms with Crippen LogP contribution in [0.2, 0.25) is 0 Å². The van der Waals surface area contributed by atoms with E-state index < -0.39 is 6.10 Å². The number of aliphatic hydroxyl groups excluding tert-OH is 1. The fourth-order valence-electron chi connectivity index (χ4n) is 1.75. The zero-order chi connectivity index (χ0) is 12.1. The Bertz CT molecular complexity index is 337. The van der Waals surface area contributed by atoms with Crippen molar-refractivity contribution in [2.75, 3.05) is 7.11 Å². The second kappa shape index (κ2) is 5.85. The third kappa shape index (κ3) is 3.49. The number of rotatable bonds is 5. The summed E-state index contributed by atoms with van der Waals surface area (Å²) in [7, 11) is 1.44. The van der Waals surface area contributed by atoms with Crippen LogP contribution in [0.25, 0.3) is 0 Å². The summed E-state index contributed by atoms with van der Waals surface area (Å²) >= 11 is 0. The van der Waals surface area contributed by atoms with Gasteiger partial charge >= 0.3 is 0 Å². The second-order valence-electron chi connectivity index (χ2n) is 4.42. The van der Waals surface area contributed by atoms with Gasteiger partial charge in [-0.2, -0.15) is 0 Å². The number of methoxy groups -OCH3 is 1. The summed E-state index contributed by atoms with van der Waals surface area (Å²) < 4.78 is 18.6. The van der Waals surface area contributed by atoms with Crippen LogP contribution in [0.5, 0.6) is 5.75 Å². The molecule has 1 aromatic carbocycles. The average Bonchev–Trinajstić information content (AvgIpc) is 2.20. The maximum Gasteiger partial charge on any atom is 0.168 e. The molecule has 0 saturated carbocycles. The highest BCUT2D eigenvalue weighted by Gasteiger charge is 2.13. The molecule has 1 unspecified atom stereocenters. The van der Waals surface area contributed by atoms with E-state index in [1.807, 2.05) is 13.8 Å². The molecule has 0 aliphatic rings. The van der Waals surface area contributed by atoms with E-state index in [0.717, 1.165) is 0 Å². The SMILES string of the molecule is COc1cccc(CC(O)CC(C)C)c1F. The first-order chi connectivity index (χ1) is 7.54. The van der Waals surface area contributed by atoms with Gasteiger partial charge in [0.05, 0.1) is 13.2 Å². The zero-order valence-electron chi connectivity index (χ0n) is 10.0. The number of benzene rings is 1. The van der Waals surface area contributed by atoms with Crippen LogP contribution in [-0.2, 0) is 6.42 Å². The van der Waals surface area contributed by atoms with Crippen LogP contribution >= 0.6 is 0 Å². The van der Waals surface area contributed by atoms with Crippen molar-refractivity contribution in [3.05, 3.63) is 29.6 Å². The van der Waals surface area contributed by atoms with Crippen molar-refractivity contribution in [2.45, 2.75) is 32.8 Å². The fraction of sp³-hybridized carbons (Fsp3) is 0.538. The zero-order valence-corrected chi connectivity index (χ0v) is 10.0. The Morgan fingerprint density at radius 2 is 2.06 bits per heavy atom. The third-order valence-electron chi connectivity index (χ3n) is 2.46. The molecular weight excluding hydrogens is 207 g/mol. The van der Waals surface area contributed by atoms with Gasteiger partial charge in [-0.15, -0.1) is 0 Å². The minimum absolute atomic E-state index is 0.231. The van der Waals surface area contributed by atoms with Crippen LogP contribution in [0.3, 0.4) is 0 Å². The Hall–Kier alpha value is -1.09. The van der Waals surface area contributed by atoms with Gasteiger partial charge in [0.25, 0.3) is 0 Å². The number of hydrogen-bond donors (Lipinski definition) is 1. The molecule has 0 saturated heterocycles. The molecule has 16 heavy (non-hydrogen) atoms. The Balaban J connectivity index is 2.73. The van der Waals surface area contributed by atoms with E-state index in [0.29, 0.717) is 24.3 Å². The van der Waals surface area contributed by atoms with Gasteiger partial charge in [0.1, 0.15) is 0 Å². The van der Waals surface area contributed by atoms with E-state index >= 15 is 0 Å². The predicted molar refractivity (Wildman–Crippen MR) is 62.1 cm³/mol. The van der Waals surface area contributed by atoms with Crippen molar-refractivity contribution in [2.24, 2.45) is 5.92 Å². The molecule has 0 spiro atoms. The molecule has 1 N–H and O–H groups in total. The lowest BCUT2D eigenvalue weighted by Gasteiger charge is -2.14. The van der Waals surface area contributed by atoms with Gasteiger partial charge in [-0.1, -0.05) is 26.0 Å². The van der Waals surface area contributed by atoms with E-state index in [9.17, 15) is 9.50 Å². The number of halogens is 1. The van der Waals surface area contributed by atoms with Crippen molar-refractivity contribution in [3.8, 4) is 5.75 Å². The van der Waals surface area contributed by atoms with Crippen molar-refractivity contribution >= 4 is 0 Å². The van der Waals surface area contributed by atoms with Crippen LogP contribution in [0.1, 0.15) is 25.8 Å². The van der Waals surface area contributed by atoms with Crippen LogP contribution in [0.15, 0.2) is 18.2 Å². The molecule has 0 aromatic heterocycles. The highest BCUT2D eigenvalue weighted by Crippen LogP contribution is 2.22. The van der Waals surface area contributed by atoms with Gasteiger partial charge in [0, 0.05) is 6.42 Å². The monoisotopic (exact) mass is 226 g/mol. The smallest absolute Gasteiger partial charge is 0.168 e. The largest absolute Gasteiger partial charge is 0.494 e. The van der Waals surface area contributed by atoms with Gasteiger partial charge in [-0.25, -0.2) is 4.39 Å². The van der Waals surface area contributed by atoms with Gasteiger partial charge < -0.3 is 9.84 Å². The van der Waals surface area contributed by atoms with Gasteiger partial charge in [-0.05, 0) is 24.0 Å². The molecular formula is C13H19FO2. The average molecular weight is 226 g/mol. The highest BCUT2D eigenvalue weighted by molar-refractivity contribution is 5.31. The molecule has 0 radical (unpaired) electrons. The molecule has 0 bridgehead atoms. The Labute approximate surface area is 96.1 Å². The highest BCUT2D eigenvalue weighted by atomic mass is 19.1. The van der Waals surface area contributed by atoms with Crippen LogP contribution in [0.4, 0.5) is 4.39 Å². The summed E-state index contributed by atoms with van der Waals surface area (Å²) in [5, 5.41) is 9.75. The number of hydrogen-bond acceptors (Lipinski definition) is 2. The lowest BCUT2D eigenvalue weighted by atomic mass is 9.99. The Morgan fingerprint density at radius 1 is 1.38 bits per heavy atom. The lowest BCUT2D eigenvalue weighted by Crippen LogP contribution is -2.14. The second-order valence-corrected chi connectivity index (χ2v) is 4.42. The van der Waals surface area contributed by atoms with Gasteiger partial charge in [-0.3, -0.25) is 0 Å². The van der Waals surface area contributed by atoms with Crippen molar-refractivity contribution in [1.29, 1.82) is 0 Å². The fourth-order valence-corrected chi connectivity index (χ4v) is 1.75. The lowest BCUT2D eigenvalue weighted by molar-refractivity contribution is 0.148. The first-order valence-electron chi connectivity index (χ1n) is 5.54. The van der Waals surface area contributed by atoms with E-state index in [4.69, 9.17) is 4.74 Å². The van der Waals surface area contributed by atoms with Crippen LogP contribution in [-0.4, -0.2) is 18.3 Å². The summed E-state index contributed by atoms with van der Waals surface area (Å²) in [5.41, 5.74) is 0.507. The molecule has 0 amide bonds. The maximum absolute atomic E-state index is 13.7. The first kappa shape index (κ1) is 13.0. The molecule has 0 aliphatic carbocycles. The van der Waals surface area contributed by atoms with Gasteiger partial charge in [0.15, 0.2) is 11.6 Å². The van der Waals surface area contributed by atoms with E-state index in [1.54, 1.807) is 18.2 Å². The van der Waals surface area contributed by atoms with Gasteiger partial charge in [0.2, 0.25) is 0 Å². The Morgan fingerprint density at radius 3 is 2.62 bits per heavy atom. The van der Waals surface area contributed by atoms with Crippen molar-refractivity contribution < 1.29 is 14.2 Å². The van der Waals surface area contributed by atoms with E-state index in [1.165, 1.54) is 7.11 Å². The summed E-state index contributed by atoms with van der Waals surface area (Å²) in [6, 6.07) is 4.99. The van der Waals surface area contributed by atoms with E-state index in [2.05, 4.69) is 0 Å². The minimum atomic E-state index is -0.499. The summed E-state index contributed by atoms with van der Waals surface area (Å²) in [5.74, 6) is 0.269. The minimum Gasteiger partial charge on any atom is -0.494 e. The molecule has 0 fully saturated rings.